The van der Waals surface area contributed by atoms with E-state index in [0.29, 0.717) is 6.61 Å². The Morgan fingerprint density at radius 1 is 1.19 bits per heavy atom. The first-order chi connectivity index (χ1) is 17.2. The van der Waals surface area contributed by atoms with E-state index in [0.717, 1.165) is 41.4 Å². The number of hydrogen-bond acceptors (Lipinski definition) is 5. The number of aryl methyl sites for hydroxylation is 1. The second-order valence-corrected chi connectivity index (χ2v) is 9.54. The van der Waals surface area contributed by atoms with Gasteiger partial charge in [-0.25, -0.2) is 0 Å². The molecule has 0 radical (unpaired) electrons. The van der Waals surface area contributed by atoms with E-state index in [9.17, 15) is 14.9 Å². The fraction of sp³-hybridized carbons (Fsp3) is 0.464. The van der Waals surface area contributed by atoms with Gasteiger partial charge >= 0.3 is 0 Å². The summed E-state index contributed by atoms with van der Waals surface area (Å²) < 4.78 is 7.40. The average Bonchev–Trinajstić information content (AvgIpc) is 3.45. The number of carbonyl (C=O) groups excluding carboxylic acids is 2. The Hall–Kier alpha value is -3.57. The molecule has 2 unspecified atom stereocenters. The molecule has 192 valence electrons. The summed E-state index contributed by atoms with van der Waals surface area (Å²) in [5, 5.41) is 15.3. The minimum atomic E-state index is -0.497. The summed E-state index contributed by atoms with van der Waals surface area (Å²) in [5.41, 5.74) is 4.64. The van der Waals surface area contributed by atoms with Gasteiger partial charge in [-0.1, -0.05) is 6.07 Å². The van der Waals surface area contributed by atoms with Crippen LogP contribution < -0.4 is 15.5 Å². The van der Waals surface area contributed by atoms with E-state index >= 15 is 0 Å². The van der Waals surface area contributed by atoms with Gasteiger partial charge in [0.05, 0.1) is 12.6 Å². The lowest BCUT2D eigenvalue weighted by Crippen LogP contribution is -2.36. The molecule has 1 saturated heterocycles. The maximum atomic E-state index is 12.8. The Labute approximate surface area is 213 Å². The highest BCUT2D eigenvalue weighted by atomic mass is 16.5. The summed E-state index contributed by atoms with van der Waals surface area (Å²) in [6.07, 6.45) is 4.07. The number of rotatable bonds is 10. The van der Waals surface area contributed by atoms with Gasteiger partial charge in [0.15, 0.2) is 0 Å². The van der Waals surface area contributed by atoms with Crippen LogP contribution in [0.1, 0.15) is 56.1 Å². The van der Waals surface area contributed by atoms with Crippen LogP contribution in [0.4, 0.5) is 11.4 Å². The first-order valence-corrected chi connectivity index (χ1v) is 12.5. The number of methoxy groups -OCH3 is 1. The zero-order valence-corrected chi connectivity index (χ0v) is 21.9. The lowest BCUT2D eigenvalue weighted by molar-refractivity contribution is -0.118. The van der Waals surface area contributed by atoms with Gasteiger partial charge in [-0.05, 0) is 76.4 Å². The van der Waals surface area contributed by atoms with Crippen LogP contribution >= 0.6 is 0 Å². The second-order valence-electron chi connectivity index (χ2n) is 9.54. The highest BCUT2D eigenvalue weighted by Gasteiger charge is 2.19. The van der Waals surface area contributed by atoms with E-state index in [1.165, 1.54) is 12.8 Å². The normalized spacial score (nSPS) is 15.3. The van der Waals surface area contributed by atoms with Gasteiger partial charge in [-0.2, -0.15) is 5.26 Å². The molecule has 8 heteroatoms. The number of ether oxygens (including phenoxy) is 1. The molecule has 2 heterocycles. The topological polar surface area (TPSA) is 99.4 Å². The van der Waals surface area contributed by atoms with E-state index in [4.69, 9.17) is 4.74 Å². The summed E-state index contributed by atoms with van der Waals surface area (Å²) in [6.45, 7) is 10.4. The molecule has 1 aromatic heterocycles. The molecule has 8 nitrogen and oxygen atoms in total. The molecule has 3 rings (SSSR count). The van der Waals surface area contributed by atoms with Crippen LogP contribution in [0.3, 0.4) is 0 Å². The van der Waals surface area contributed by atoms with E-state index in [1.54, 1.807) is 20.1 Å². The van der Waals surface area contributed by atoms with Crippen LogP contribution in [-0.2, 0) is 14.3 Å². The van der Waals surface area contributed by atoms with Crippen LogP contribution in [0.25, 0.3) is 6.08 Å². The largest absolute Gasteiger partial charge is 0.383 e. The van der Waals surface area contributed by atoms with Gasteiger partial charge in [0.25, 0.3) is 5.91 Å². The molecule has 0 saturated carbocycles. The molecule has 2 N–H and O–H groups in total. The second kappa shape index (κ2) is 12.4. The minimum Gasteiger partial charge on any atom is -0.383 e. The predicted octanol–water partition coefficient (Wildman–Crippen LogP) is 4.35. The van der Waals surface area contributed by atoms with E-state index in [1.807, 2.05) is 44.2 Å². The van der Waals surface area contributed by atoms with E-state index < -0.39 is 11.9 Å². The minimum absolute atomic E-state index is 0.000201. The molecule has 1 aliphatic rings. The summed E-state index contributed by atoms with van der Waals surface area (Å²) in [6, 6.07) is 11.5. The molecule has 0 spiro atoms. The van der Waals surface area contributed by atoms with Gasteiger partial charge in [0.2, 0.25) is 5.91 Å². The zero-order valence-electron chi connectivity index (χ0n) is 21.9. The number of nitriles is 1. The van der Waals surface area contributed by atoms with Crippen molar-refractivity contribution in [1.82, 2.24) is 9.88 Å². The van der Waals surface area contributed by atoms with Crippen molar-refractivity contribution < 1.29 is 14.3 Å². The number of hydrogen-bond donors (Lipinski definition) is 2. The van der Waals surface area contributed by atoms with Crippen LogP contribution in [0, 0.1) is 25.2 Å². The number of carbonyl (C=O) groups is 2. The Morgan fingerprint density at radius 2 is 1.92 bits per heavy atom. The third-order valence-electron chi connectivity index (χ3n) is 6.51. The quantitative estimate of drug-likeness (QED) is 0.380. The maximum Gasteiger partial charge on any atom is 0.262 e. The van der Waals surface area contributed by atoms with Crippen molar-refractivity contribution in [1.29, 1.82) is 5.26 Å². The third kappa shape index (κ3) is 6.76. The fourth-order valence-corrected chi connectivity index (χ4v) is 4.85. The van der Waals surface area contributed by atoms with Crippen molar-refractivity contribution in [3.8, 4) is 6.07 Å². The average molecular weight is 492 g/mol. The number of aromatic nitrogens is 1. The van der Waals surface area contributed by atoms with E-state index in [2.05, 4.69) is 33.1 Å². The SMILES string of the molecule is COCC(C)n1c(C)cc(/C=C(/C#N)C(=O)NC(C)CC(=O)Nc2cccc(N3CCCC3)c2)c1C. The Morgan fingerprint density at radius 3 is 2.58 bits per heavy atom. The standard InChI is InChI=1S/C28H37N5O3/c1-19(13-27(34)31-25-9-8-10-26(16-25)32-11-6-7-12-32)30-28(35)24(17-29)15-23-14-20(2)33(22(23)4)21(3)18-36-5/h8-10,14-16,19,21H,6-7,11-13,18H2,1-5H3,(H,30,35)(H,31,34)/b24-15-. The van der Waals surface area contributed by atoms with Crippen LogP contribution in [0.5, 0.6) is 0 Å². The van der Waals surface area contributed by atoms with Crippen molar-refractivity contribution in [2.45, 2.75) is 59.0 Å². The highest BCUT2D eigenvalue weighted by molar-refractivity contribution is 6.02. The van der Waals surface area contributed by atoms with Gasteiger partial charge in [0.1, 0.15) is 11.6 Å². The zero-order chi connectivity index (χ0) is 26.2. The Bertz CT molecular complexity index is 1150. The predicted molar refractivity (Wildman–Crippen MR) is 143 cm³/mol. The number of amides is 2. The van der Waals surface area contributed by atoms with Crippen LogP contribution in [-0.4, -0.2) is 49.2 Å². The molecule has 2 amide bonds. The molecule has 1 aromatic carbocycles. The molecule has 2 aromatic rings. The van der Waals surface area contributed by atoms with Crippen molar-refractivity contribution in [3.05, 3.63) is 52.9 Å². The van der Waals surface area contributed by atoms with E-state index in [-0.39, 0.29) is 23.9 Å². The van der Waals surface area contributed by atoms with Crippen molar-refractivity contribution >= 4 is 29.3 Å². The van der Waals surface area contributed by atoms with Gasteiger partial charge < -0.3 is 24.8 Å². The summed E-state index contributed by atoms with van der Waals surface area (Å²) in [7, 11) is 1.66. The molecular formula is C28H37N5O3. The molecule has 2 atom stereocenters. The molecular weight excluding hydrogens is 454 g/mol. The van der Waals surface area contributed by atoms with Crippen LogP contribution in [0.15, 0.2) is 35.9 Å². The summed E-state index contributed by atoms with van der Waals surface area (Å²) in [4.78, 5) is 27.7. The Kier molecular flexibility index (Phi) is 9.31. The first-order valence-electron chi connectivity index (χ1n) is 12.5. The smallest absolute Gasteiger partial charge is 0.262 e. The van der Waals surface area contributed by atoms with Gasteiger partial charge in [-0.3, -0.25) is 9.59 Å². The van der Waals surface area contributed by atoms with Gasteiger partial charge in [0, 0.05) is 55.4 Å². The van der Waals surface area contributed by atoms with Crippen molar-refractivity contribution in [2.24, 2.45) is 0 Å². The number of benzene rings is 1. The monoisotopic (exact) mass is 491 g/mol. The van der Waals surface area contributed by atoms with Crippen LogP contribution in [0.2, 0.25) is 0 Å². The lowest BCUT2D eigenvalue weighted by Gasteiger charge is -2.19. The van der Waals surface area contributed by atoms with Gasteiger partial charge in [-0.15, -0.1) is 0 Å². The van der Waals surface area contributed by atoms with Crippen molar-refractivity contribution in [3.63, 3.8) is 0 Å². The molecule has 1 fully saturated rings. The Balaban J connectivity index is 1.61. The third-order valence-corrected chi connectivity index (χ3v) is 6.51. The number of nitrogens with one attached hydrogen (secondary N) is 2. The maximum absolute atomic E-state index is 12.8. The first kappa shape index (κ1) is 27.0. The highest BCUT2D eigenvalue weighted by Crippen LogP contribution is 2.24. The molecule has 0 bridgehead atoms. The lowest BCUT2D eigenvalue weighted by atomic mass is 10.1. The summed E-state index contributed by atoms with van der Waals surface area (Å²) >= 11 is 0. The molecule has 1 aliphatic heterocycles. The van der Waals surface area contributed by atoms with Crippen molar-refractivity contribution in [2.75, 3.05) is 37.0 Å². The number of nitrogens with zero attached hydrogens (tertiary/aromatic N) is 3. The molecule has 36 heavy (non-hydrogen) atoms. The molecule has 0 aliphatic carbocycles. The fourth-order valence-electron chi connectivity index (χ4n) is 4.85. The summed E-state index contributed by atoms with van der Waals surface area (Å²) in [5.74, 6) is -0.692. The number of anilines is 2.